The van der Waals surface area contributed by atoms with Gasteiger partial charge < -0.3 is 16.4 Å². The van der Waals surface area contributed by atoms with Gasteiger partial charge in [0.1, 0.15) is 5.82 Å². The van der Waals surface area contributed by atoms with Crippen molar-refractivity contribution in [3.8, 4) is 0 Å². The first-order chi connectivity index (χ1) is 18.9. The number of nitrogens with two attached hydrogens (primary N) is 1. The van der Waals surface area contributed by atoms with Crippen LogP contribution >= 0.6 is 0 Å². The fourth-order valence-corrected chi connectivity index (χ4v) is 4.71. The van der Waals surface area contributed by atoms with Crippen LogP contribution in [-0.2, 0) is 14.4 Å². The quantitative estimate of drug-likeness (QED) is 0.354. The minimum absolute atomic E-state index is 0.184. The number of carbonyl (C=O) groups excluding carboxylic acids is 3. The average Bonchev–Trinajstić information content (AvgIpc) is 3.03. The summed E-state index contributed by atoms with van der Waals surface area (Å²) in [6.45, 7) is 1.74. The van der Waals surface area contributed by atoms with Crippen LogP contribution < -0.4 is 16.4 Å². The summed E-state index contributed by atoms with van der Waals surface area (Å²) in [6, 6.07) is 18.4. The van der Waals surface area contributed by atoms with E-state index in [-0.39, 0.29) is 11.3 Å². The Balaban J connectivity index is 1.75. The number of primary amides is 1. The molecular formula is C29H26F4N4O3. The number of halogens is 4. The highest BCUT2D eigenvalue weighted by molar-refractivity contribution is 6.20. The molecule has 0 aromatic heterocycles. The van der Waals surface area contributed by atoms with Crippen LogP contribution in [-0.4, -0.2) is 35.8 Å². The van der Waals surface area contributed by atoms with E-state index < -0.39 is 60.6 Å². The van der Waals surface area contributed by atoms with Gasteiger partial charge in [-0.2, -0.15) is 13.2 Å². The normalized spacial score (nSPS) is 16.6. The predicted molar refractivity (Wildman–Crippen MR) is 141 cm³/mol. The second kappa shape index (κ2) is 11.7. The van der Waals surface area contributed by atoms with Gasteiger partial charge in [-0.1, -0.05) is 60.7 Å². The van der Waals surface area contributed by atoms with E-state index in [1.165, 1.54) is 30.3 Å². The fraction of sp³-hybridized carbons (Fsp3) is 0.241. The molecule has 3 atom stereocenters. The molecule has 3 aromatic carbocycles. The SMILES string of the molecule is Cc1cccc2c1NC(=O)[C@@H](NC(=O)[C@H](CCC(F)(F)F)[C@@H](C(N)=O)c1ccccc1)N=C2c1cccc(F)c1. The van der Waals surface area contributed by atoms with Gasteiger partial charge in [0.25, 0.3) is 5.91 Å². The molecule has 1 aliphatic rings. The molecule has 7 nitrogen and oxygen atoms in total. The number of rotatable bonds is 8. The Hall–Kier alpha value is -4.54. The minimum Gasteiger partial charge on any atom is -0.369 e. The third-order valence-corrected chi connectivity index (χ3v) is 6.60. The molecule has 0 fully saturated rings. The number of nitrogens with one attached hydrogen (secondary N) is 2. The Morgan fingerprint density at radius 3 is 2.40 bits per heavy atom. The molecule has 0 unspecified atom stereocenters. The third-order valence-electron chi connectivity index (χ3n) is 6.60. The van der Waals surface area contributed by atoms with Crippen molar-refractivity contribution in [3.63, 3.8) is 0 Å². The summed E-state index contributed by atoms with van der Waals surface area (Å²) in [7, 11) is 0. The van der Waals surface area contributed by atoms with E-state index in [1.54, 1.807) is 49.4 Å². The van der Waals surface area contributed by atoms with E-state index in [0.29, 0.717) is 22.4 Å². The molecule has 0 bridgehead atoms. The number of amides is 3. The summed E-state index contributed by atoms with van der Waals surface area (Å²) in [6.07, 6.45) is -8.33. The van der Waals surface area contributed by atoms with Gasteiger partial charge in [-0.25, -0.2) is 9.38 Å². The van der Waals surface area contributed by atoms with E-state index in [0.717, 1.165) is 0 Å². The Morgan fingerprint density at radius 2 is 1.75 bits per heavy atom. The van der Waals surface area contributed by atoms with Gasteiger partial charge in [0, 0.05) is 17.5 Å². The smallest absolute Gasteiger partial charge is 0.369 e. The lowest BCUT2D eigenvalue weighted by Gasteiger charge is -2.26. The zero-order valence-electron chi connectivity index (χ0n) is 21.3. The molecule has 208 valence electrons. The van der Waals surface area contributed by atoms with Crippen LogP contribution in [0, 0.1) is 18.7 Å². The first kappa shape index (κ1) is 28.5. The summed E-state index contributed by atoms with van der Waals surface area (Å²) >= 11 is 0. The van der Waals surface area contributed by atoms with Gasteiger partial charge in [0.05, 0.1) is 23.2 Å². The summed E-state index contributed by atoms with van der Waals surface area (Å²) in [5, 5.41) is 5.12. The van der Waals surface area contributed by atoms with Crippen molar-refractivity contribution in [2.75, 3.05) is 5.32 Å². The van der Waals surface area contributed by atoms with E-state index in [1.807, 2.05) is 0 Å². The number of fused-ring (bicyclic) bond motifs is 1. The minimum atomic E-state index is -4.61. The van der Waals surface area contributed by atoms with E-state index >= 15 is 0 Å². The number of alkyl halides is 3. The molecule has 1 aliphatic heterocycles. The lowest BCUT2D eigenvalue weighted by molar-refractivity contribution is -0.144. The van der Waals surface area contributed by atoms with Gasteiger partial charge in [0.2, 0.25) is 18.0 Å². The van der Waals surface area contributed by atoms with Crippen molar-refractivity contribution in [2.45, 2.75) is 38.0 Å². The van der Waals surface area contributed by atoms with Crippen molar-refractivity contribution >= 4 is 29.1 Å². The van der Waals surface area contributed by atoms with Crippen LogP contribution in [0.3, 0.4) is 0 Å². The van der Waals surface area contributed by atoms with Crippen LogP contribution in [0.4, 0.5) is 23.2 Å². The molecule has 1 heterocycles. The van der Waals surface area contributed by atoms with E-state index in [9.17, 15) is 31.9 Å². The average molecular weight is 555 g/mol. The molecular weight excluding hydrogens is 528 g/mol. The molecule has 4 N–H and O–H groups in total. The fourth-order valence-electron chi connectivity index (χ4n) is 4.71. The molecule has 0 radical (unpaired) electrons. The highest BCUT2D eigenvalue weighted by Crippen LogP contribution is 2.33. The summed E-state index contributed by atoms with van der Waals surface area (Å²) < 4.78 is 53.8. The van der Waals surface area contributed by atoms with Crippen LogP contribution in [0.2, 0.25) is 0 Å². The van der Waals surface area contributed by atoms with Crippen molar-refractivity contribution in [1.82, 2.24) is 5.32 Å². The van der Waals surface area contributed by atoms with Crippen LogP contribution in [0.25, 0.3) is 0 Å². The third kappa shape index (κ3) is 6.53. The zero-order valence-corrected chi connectivity index (χ0v) is 21.3. The predicted octanol–water partition coefficient (Wildman–Crippen LogP) is 4.59. The Labute approximate surface area is 227 Å². The second-order valence-electron chi connectivity index (χ2n) is 9.44. The van der Waals surface area contributed by atoms with Crippen LogP contribution in [0.1, 0.15) is 41.0 Å². The maximum Gasteiger partial charge on any atom is 0.389 e. The Morgan fingerprint density at radius 1 is 1.05 bits per heavy atom. The van der Waals surface area contributed by atoms with Gasteiger partial charge >= 0.3 is 6.18 Å². The van der Waals surface area contributed by atoms with E-state index in [2.05, 4.69) is 15.6 Å². The van der Waals surface area contributed by atoms with E-state index in [4.69, 9.17) is 5.73 Å². The zero-order chi connectivity index (χ0) is 29.0. The van der Waals surface area contributed by atoms with Crippen molar-refractivity contribution < 1.29 is 31.9 Å². The summed E-state index contributed by atoms with van der Waals surface area (Å²) in [4.78, 5) is 43.7. The Kier molecular flexibility index (Phi) is 8.32. The van der Waals surface area contributed by atoms with Crippen molar-refractivity contribution in [1.29, 1.82) is 0 Å². The molecule has 0 spiro atoms. The number of anilines is 1. The van der Waals surface area contributed by atoms with Crippen molar-refractivity contribution in [2.24, 2.45) is 16.6 Å². The largest absolute Gasteiger partial charge is 0.389 e. The van der Waals surface area contributed by atoms with Crippen LogP contribution in [0.15, 0.2) is 77.8 Å². The molecule has 0 saturated heterocycles. The molecule has 0 aliphatic carbocycles. The Bertz CT molecular complexity index is 1460. The van der Waals surface area contributed by atoms with Gasteiger partial charge in [-0.15, -0.1) is 0 Å². The molecule has 4 rings (SSSR count). The van der Waals surface area contributed by atoms with Gasteiger partial charge in [-0.05, 0) is 36.6 Å². The van der Waals surface area contributed by atoms with Crippen LogP contribution in [0.5, 0.6) is 0 Å². The highest BCUT2D eigenvalue weighted by Gasteiger charge is 2.39. The molecule has 11 heteroatoms. The number of carbonyl (C=O) groups is 3. The van der Waals surface area contributed by atoms with Crippen molar-refractivity contribution in [3.05, 3.63) is 101 Å². The number of aryl methyl sites for hydroxylation is 1. The molecule has 40 heavy (non-hydrogen) atoms. The number of hydrogen-bond acceptors (Lipinski definition) is 4. The number of benzene rings is 3. The molecule has 3 amide bonds. The lowest BCUT2D eigenvalue weighted by atomic mass is 9.81. The first-order valence-corrected chi connectivity index (χ1v) is 12.4. The first-order valence-electron chi connectivity index (χ1n) is 12.4. The number of hydrogen-bond donors (Lipinski definition) is 3. The summed E-state index contributed by atoms with van der Waals surface area (Å²) in [5.74, 6) is -6.29. The van der Waals surface area contributed by atoms with Gasteiger partial charge in [-0.3, -0.25) is 14.4 Å². The maximum atomic E-state index is 14.1. The second-order valence-corrected chi connectivity index (χ2v) is 9.44. The number of aliphatic imine (C=N–C) groups is 1. The van der Waals surface area contributed by atoms with Gasteiger partial charge in [0.15, 0.2) is 0 Å². The number of benzodiazepines with no additional fused rings is 1. The molecule has 3 aromatic rings. The topological polar surface area (TPSA) is 114 Å². The lowest BCUT2D eigenvalue weighted by Crippen LogP contribution is -2.47. The monoisotopic (exact) mass is 554 g/mol. The maximum absolute atomic E-state index is 14.1. The number of para-hydroxylation sites is 1. The standard InChI is InChI=1S/C29H26F4N4O3/c1-16-7-5-12-21-23(16)36-28(40)26(35-24(21)18-10-6-11-19(30)15-18)37-27(39)20(13-14-29(31,32)33)22(25(34)38)17-8-3-2-4-9-17/h2-12,15,20,22,26H,13-14H2,1H3,(H2,34,38)(H,36,40)(H,37,39)/t20-,22+,26-/m1/s1. The summed E-state index contributed by atoms with van der Waals surface area (Å²) in [5.41, 5.74) is 7.85. The number of nitrogens with zero attached hydrogens (tertiary/aromatic N) is 1. The molecule has 0 saturated carbocycles. The highest BCUT2D eigenvalue weighted by atomic mass is 19.4.